The minimum atomic E-state index is -0.523. The highest BCUT2D eigenvalue weighted by Gasteiger charge is 2.62. The molecule has 0 radical (unpaired) electrons. The van der Waals surface area contributed by atoms with Crippen molar-refractivity contribution < 1.29 is 9.90 Å². The molecule has 0 heterocycles. The largest absolute Gasteiger partial charge is 0.481 e. The van der Waals surface area contributed by atoms with E-state index in [1.807, 2.05) is 0 Å². The third-order valence-electron chi connectivity index (χ3n) is 6.89. The van der Waals surface area contributed by atoms with E-state index in [-0.39, 0.29) is 5.92 Å². The Morgan fingerprint density at radius 2 is 1.39 bits per heavy atom. The molecule has 2 bridgehead atoms. The zero-order chi connectivity index (χ0) is 17.2. The Bertz CT molecular complexity index is 467. The summed E-state index contributed by atoms with van der Waals surface area (Å²) in [5.74, 6) is 3.70. The number of hydrogen-bond acceptors (Lipinski definition) is 1. The van der Waals surface area contributed by atoms with Crippen LogP contribution in [0.3, 0.4) is 0 Å². The monoisotopic (exact) mass is 320 g/mol. The van der Waals surface area contributed by atoms with Crippen molar-refractivity contribution in [2.45, 2.75) is 73.6 Å². The molecule has 1 N–H and O–H groups in total. The molecular formula is C21H36O2. The van der Waals surface area contributed by atoms with E-state index < -0.39 is 5.97 Å². The van der Waals surface area contributed by atoms with E-state index in [1.165, 1.54) is 25.7 Å². The lowest BCUT2D eigenvalue weighted by molar-refractivity contribution is -0.145. The second-order valence-corrected chi connectivity index (χ2v) is 11.3. The van der Waals surface area contributed by atoms with Gasteiger partial charge >= 0.3 is 5.97 Å². The number of fused-ring (bicyclic) bond motifs is 5. The molecule has 23 heavy (non-hydrogen) atoms. The average molecular weight is 321 g/mol. The fourth-order valence-corrected chi connectivity index (χ4v) is 6.81. The molecule has 132 valence electrons. The quantitative estimate of drug-likeness (QED) is 0.749. The van der Waals surface area contributed by atoms with Crippen molar-refractivity contribution in [1.29, 1.82) is 0 Å². The second kappa shape index (κ2) is 5.49. The van der Waals surface area contributed by atoms with Crippen molar-refractivity contribution in [1.82, 2.24) is 0 Å². The molecule has 2 heteroatoms. The number of carbonyl (C=O) groups is 1. The Morgan fingerprint density at radius 1 is 0.870 bits per heavy atom. The molecule has 0 spiro atoms. The van der Waals surface area contributed by atoms with Gasteiger partial charge in [-0.1, -0.05) is 41.5 Å². The topological polar surface area (TPSA) is 37.3 Å². The molecule has 0 aromatic heterocycles. The van der Waals surface area contributed by atoms with Gasteiger partial charge in [0.15, 0.2) is 0 Å². The van der Waals surface area contributed by atoms with Crippen LogP contribution in [0.2, 0.25) is 0 Å². The average Bonchev–Trinajstić information content (AvgIpc) is 2.97. The maximum absolute atomic E-state index is 11.7. The normalized spacial score (nSPS) is 43.0. The molecule has 0 saturated heterocycles. The number of carboxylic acids is 1. The Morgan fingerprint density at radius 3 is 1.87 bits per heavy atom. The first-order valence-electron chi connectivity index (χ1n) is 9.69. The highest BCUT2D eigenvalue weighted by atomic mass is 16.4. The van der Waals surface area contributed by atoms with Crippen LogP contribution in [0.25, 0.3) is 0 Å². The van der Waals surface area contributed by atoms with E-state index >= 15 is 0 Å². The van der Waals surface area contributed by atoms with Crippen LogP contribution in [-0.4, -0.2) is 11.1 Å². The molecule has 2 nitrogen and oxygen atoms in total. The number of aliphatic carboxylic acids is 1. The van der Waals surface area contributed by atoms with Crippen LogP contribution in [0, 0.1) is 52.3 Å². The molecule has 3 fully saturated rings. The summed E-state index contributed by atoms with van der Waals surface area (Å²) in [5.41, 5.74) is 0.742. The summed E-state index contributed by atoms with van der Waals surface area (Å²) in [6, 6.07) is 0. The molecule has 0 aromatic rings. The van der Waals surface area contributed by atoms with E-state index in [9.17, 15) is 9.90 Å². The molecule has 0 amide bonds. The van der Waals surface area contributed by atoms with Crippen LogP contribution in [-0.2, 0) is 4.79 Å². The van der Waals surface area contributed by atoms with Crippen LogP contribution in [0.15, 0.2) is 0 Å². The van der Waals surface area contributed by atoms with Crippen LogP contribution in [0.1, 0.15) is 73.6 Å². The van der Waals surface area contributed by atoms with E-state index in [1.54, 1.807) is 0 Å². The van der Waals surface area contributed by atoms with Crippen molar-refractivity contribution >= 4 is 5.97 Å². The number of hydrogen-bond donors (Lipinski definition) is 1. The molecule has 0 aromatic carbocycles. The zero-order valence-corrected chi connectivity index (χ0v) is 15.9. The molecule has 3 rings (SSSR count). The first-order valence-corrected chi connectivity index (χ1v) is 9.69. The van der Waals surface area contributed by atoms with E-state index in [2.05, 4.69) is 41.5 Å². The fourth-order valence-electron chi connectivity index (χ4n) is 6.81. The van der Waals surface area contributed by atoms with Crippen LogP contribution >= 0.6 is 0 Å². The maximum Gasteiger partial charge on any atom is 0.306 e. The van der Waals surface area contributed by atoms with Gasteiger partial charge in [0.05, 0.1) is 5.92 Å². The summed E-state index contributed by atoms with van der Waals surface area (Å²) in [6.45, 7) is 14.1. The third-order valence-corrected chi connectivity index (χ3v) is 6.89. The van der Waals surface area contributed by atoms with Crippen LogP contribution in [0.5, 0.6) is 0 Å². The molecule has 3 aliphatic rings. The molecule has 7 atom stereocenters. The fraction of sp³-hybridized carbons (Fsp3) is 0.952. The Hall–Kier alpha value is -0.530. The maximum atomic E-state index is 11.7. The SMILES string of the molecule is CC(C)(C)CC1CC(CC(C)(C)C)C2C3CC(CC3C(=O)O)C12. The smallest absolute Gasteiger partial charge is 0.306 e. The van der Waals surface area contributed by atoms with Gasteiger partial charge in [-0.05, 0) is 78.4 Å². The van der Waals surface area contributed by atoms with Crippen molar-refractivity contribution in [3.63, 3.8) is 0 Å². The lowest BCUT2D eigenvalue weighted by Gasteiger charge is -2.36. The van der Waals surface area contributed by atoms with Crippen LogP contribution < -0.4 is 0 Å². The second-order valence-electron chi connectivity index (χ2n) is 11.3. The first-order chi connectivity index (χ1) is 10.5. The third kappa shape index (κ3) is 3.33. The summed E-state index contributed by atoms with van der Waals surface area (Å²) in [5, 5.41) is 9.63. The molecule has 7 unspecified atom stereocenters. The summed E-state index contributed by atoms with van der Waals surface area (Å²) >= 11 is 0. The number of rotatable bonds is 3. The Labute approximate surface area is 142 Å². The van der Waals surface area contributed by atoms with Crippen LogP contribution in [0.4, 0.5) is 0 Å². The predicted molar refractivity (Wildman–Crippen MR) is 94.1 cm³/mol. The number of carboxylic acid groups (broad SMARTS) is 1. The molecule has 0 aliphatic heterocycles. The van der Waals surface area contributed by atoms with Gasteiger partial charge < -0.3 is 5.11 Å². The van der Waals surface area contributed by atoms with E-state index in [0.29, 0.717) is 28.6 Å². The van der Waals surface area contributed by atoms with Gasteiger partial charge in [0, 0.05) is 0 Å². The van der Waals surface area contributed by atoms with Gasteiger partial charge in [-0.15, -0.1) is 0 Å². The van der Waals surface area contributed by atoms with Crippen molar-refractivity contribution in [3.05, 3.63) is 0 Å². The lowest BCUT2D eigenvalue weighted by Crippen LogP contribution is -2.35. The first kappa shape index (κ1) is 17.3. The Balaban J connectivity index is 1.84. The van der Waals surface area contributed by atoms with Crippen molar-refractivity contribution in [2.75, 3.05) is 0 Å². The van der Waals surface area contributed by atoms with E-state index in [0.717, 1.165) is 24.2 Å². The summed E-state index contributed by atoms with van der Waals surface area (Å²) < 4.78 is 0. The summed E-state index contributed by atoms with van der Waals surface area (Å²) in [7, 11) is 0. The van der Waals surface area contributed by atoms with Gasteiger partial charge in [0.25, 0.3) is 0 Å². The van der Waals surface area contributed by atoms with Gasteiger partial charge in [0.1, 0.15) is 0 Å². The molecular weight excluding hydrogens is 284 g/mol. The lowest BCUT2D eigenvalue weighted by atomic mass is 9.68. The van der Waals surface area contributed by atoms with Gasteiger partial charge in [0.2, 0.25) is 0 Å². The summed E-state index contributed by atoms with van der Waals surface area (Å²) in [6.07, 6.45) is 6.10. The van der Waals surface area contributed by atoms with Crippen molar-refractivity contribution in [2.24, 2.45) is 52.3 Å². The highest BCUT2D eigenvalue weighted by molar-refractivity contribution is 5.71. The van der Waals surface area contributed by atoms with Crippen molar-refractivity contribution in [3.8, 4) is 0 Å². The van der Waals surface area contributed by atoms with Gasteiger partial charge in [-0.25, -0.2) is 0 Å². The molecule has 3 aliphatic carbocycles. The zero-order valence-electron chi connectivity index (χ0n) is 15.9. The standard InChI is InChI=1S/C21H36O2/c1-20(2,3)10-13-7-14(11-21(4,5)6)18-15-8-12(17(13)18)9-16(15)19(22)23/h12-18H,7-11H2,1-6H3,(H,22,23). The minimum absolute atomic E-state index is 0.0443. The highest BCUT2D eigenvalue weighted by Crippen LogP contribution is 2.67. The molecule has 3 saturated carbocycles. The summed E-state index contributed by atoms with van der Waals surface area (Å²) in [4.78, 5) is 11.7. The minimum Gasteiger partial charge on any atom is -0.481 e. The van der Waals surface area contributed by atoms with E-state index in [4.69, 9.17) is 0 Å². The van der Waals surface area contributed by atoms with Gasteiger partial charge in [-0.3, -0.25) is 4.79 Å². The predicted octanol–water partition coefficient (Wildman–Crippen LogP) is 5.47. The van der Waals surface area contributed by atoms with Gasteiger partial charge in [-0.2, -0.15) is 0 Å². The Kier molecular flexibility index (Phi) is 4.13.